The van der Waals surface area contributed by atoms with Crippen LogP contribution in [0.3, 0.4) is 0 Å². The molecule has 0 aliphatic heterocycles. The topological polar surface area (TPSA) is 0 Å². The zero-order valence-corrected chi connectivity index (χ0v) is 14.6. The summed E-state index contributed by atoms with van der Waals surface area (Å²) in [5, 5.41) is 0. The Bertz CT molecular complexity index is 8.00. The van der Waals surface area contributed by atoms with E-state index in [4.69, 9.17) is 0 Å². The first-order chi connectivity index (χ1) is 0. The minimum absolute atomic E-state index is 0. The molecule has 0 unspecified atom stereocenters. The second-order valence-corrected chi connectivity index (χ2v) is 0. The molecular formula is LaNdPrSc. The second kappa shape index (κ2) is 15.7. The van der Waals surface area contributed by atoms with Crippen LogP contribution in [0, 0.1) is 118 Å². The fourth-order valence-corrected chi connectivity index (χ4v) is 0. The second-order valence-electron chi connectivity index (χ2n) is 0. The van der Waals surface area contributed by atoms with Crippen LogP contribution in [0.5, 0.6) is 0 Å². The summed E-state index contributed by atoms with van der Waals surface area (Å²) < 4.78 is 0. The SMILES string of the molecule is [La].[Nd].[Pr].[Sc]. The van der Waals surface area contributed by atoms with Crippen LogP contribution in [0.25, 0.3) is 0 Å². The molecule has 0 fully saturated rings. The summed E-state index contributed by atoms with van der Waals surface area (Å²) in [6, 6.07) is 0. The first-order valence-electron chi connectivity index (χ1n) is 0. The van der Waals surface area contributed by atoms with Crippen LogP contribution in [0.2, 0.25) is 0 Å². The standard InChI is InChI=1S/La.Nd.Pr.Sc. The summed E-state index contributed by atoms with van der Waals surface area (Å²) >= 11 is 0. The molecule has 0 heterocycles. The minimum Gasteiger partial charge on any atom is 0 e. The Kier molecular flexibility index (Phi) is 91.0. The van der Waals surface area contributed by atoms with Crippen molar-refractivity contribution >= 4 is 0 Å². The van der Waals surface area contributed by atoms with Gasteiger partial charge < -0.3 is 0 Å². The molecule has 4 heteroatoms. The van der Waals surface area contributed by atoms with E-state index in [1.165, 1.54) is 0 Å². The van der Waals surface area contributed by atoms with Crippen LogP contribution in [-0.4, -0.2) is 0 Å². The van der Waals surface area contributed by atoms with Crippen molar-refractivity contribution in [3.63, 3.8) is 0 Å². The fourth-order valence-electron chi connectivity index (χ4n) is 0. The van der Waals surface area contributed by atoms with Crippen LogP contribution in [0.1, 0.15) is 0 Å². The Morgan fingerprint density at radius 3 is 1.00 bits per heavy atom. The van der Waals surface area contributed by atoms with E-state index in [2.05, 4.69) is 0 Å². The van der Waals surface area contributed by atoms with Crippen molar-refractivity contribution in [1.29, 1.82) is 0 Å². The zero-order chi connectivity index (χ0) is 0. The largest absolute Gasteiger partial charge is 0 e. The van der Waals surface area contributed by atoms with Gasteiger partial charge in [0.1, 0.15) is 0 Å². The van der Waals surface area contributed by atoms with Gasteiger partial charge in [0, 0.05) is 144 Å². The maximum Gasteiger partial charge on any atom is 0 e. The molecule has 0 saturated carbocycles. The molecule has 0 nitrogen and oxygen atoms in total. The number of hydrogen-bond acceptors (Lipinski definition) is 0. The molecule has 0 amide bonds. The van der Waals surface area contributed by atoms with Gasteiger partial charge in [-0.25, -0.2) is 0 Å². The van der Waals surface area contributed by atoms with E-state index in [1.54, 1.807) is 0 Å². The van der Waals surface area contributed by atoms with Gasteiger partial charge in [-0.1, -0.05) is 0 Å². The van der Waals surface area contributed by atoms with Gasteiger partial charge in [-0.05, 0) is 0 Å². The average molecular weight is 469 g/mol. The van der Waals surface area contributed by atoms with Crippen LogP contribution >= 0.6 is 0 Å². The predicted octanol–water partition coefficient (Wildman–Crippen LogP) is -0.00250. The van der Waals surface area contributed by atoms with Crippen molar-refractivity contribution in [2.24, 2.45) is 0 Å². The van der Waals surface area contributed by atoms with Crippen molar-refractivity contribution in [2.75, 3.05) is 0 Å². The van der Waals surface area contributed by atoms with E-state index in [0.717, 1.165) is 0 Å². The van der Waals surface area contributed by atoms with Gasteiger partial charge in [-0.2, -0.15) is 0 Å². The van der Waals surface area contributed by atoms with Gasteiger partial charge in [-0.3, -0.25) is 0 Å². The number of hydrogen-bond donors (Lipinski definition) is 0. The maximum atomic E-state index is 0. The molecule has 0 saturated heterocycles. The van der Waals surface area contributed by atoms with Crippen molar-refractivity contribution in [2.45, 2.75) is 0 Å². The van der Waals surface area contributed by atoms with Crippen molar-refractivity contribution in [3.05, 3.63) is 0 Å². The third-order valence-electron chi connectivity index (χ3n) is 0. The van der Waals surface area contributed by atoms with Gasteiger partial charge in [0.15, 0.2) is 0 Å². The molecule has 0 aliphatic carbocycles. The summed E-state index contributed by atoms with van der Waals surface area (Å²) in [6.45, 7) is 0. The summed E-state index contributed by atoms with van der Waals surface area (Å²) in [5.41, 5.74) is 0. The van der Waals surface area contributed by atoms with Gasteiger partial charge >= 0.3 is 0 Å². The molecular weight excluding hydrogens is 469 g/mol. The third-order valence-corrected chi connectivity index (χ3v) is 0. The van der Waals surface area contributed by atoms with E-state index in [-0.39, 0.29) is 144 Å². The fraction of sp³-hybridized carbons (Fsp3) is 0. The maximum absolute atomic E-state index is 0. The molecule has 0 aliphatic rings. The van der Waals surface area contributed by atoms with Crippen LogP contribution in [-0.2, 0) is 25.8 Å². The molecule has 3 radical (unpaired) electrons. The zero-order valence-electron chi connectivity index (χ0n) is 2.23. The van der Waals surface area contributed by atoms with Gasteiger partial charge in [0.25, 0.3) is 0 Å². The van der Waals surface area contributed by atoms with E-state index in [9.17, 15) is 0 Å². The van der Waals surface area contributed by atoms with Crippen LogP contribution in [0.15, 0.2) is 0 Å². The Morgan fingerprint density at radius 2 is 1.00 bits per heavy atom. The molecule has 0 bridgehead atoms. The number of rotatable bonds is 0. The monoisotopic (exact) mass is 467 g/mol. The first-order valence-corrected chi connectivity index (χ1v) is 0. The first kappa shape index (κ1) is 23.3. The quantitative estimate of drug-likeness (QED) is 0.469. The smallest absolute Gasteiger partial charge is 0 e. The van der Waals surface area contributed by atoms with Gasteiger partial charge in [0.2, 0.25) is 0 Å². The molecule has 0 aromatic heterocycles. The Hall–Kier alpha value is 4.78. The van der Waals surface area contributed by atoms with E-state index in [1.807, 2.05) is 0 Å². The average Bonchev–Trinajstić information content (AvgIpc) is 0. The van der Waals surface area contributed by atoms with Gasteiger partial charge in [0.05, 0.1) is 0 Å². The summed E-state index contributed by atoms with van der Waals surface area (Å²) in [5.74, 6) is 0. The molecule has 0 aromatic carbocycles. The molecule has 4 heavy (non-hydrogen) atoms. The Labute approximate surface area is 139 Å². The van der Waals surface area contributed by atoms with E-state index < -0.39 is 0 Å². The molecule has 0 rings (SSSR count). The molecule has 0 spiro atoms. The Balaban J connectivity index is 0. The molecule has 0 N–H and O–H groups in total. The minimum atomic E-state index is 0. The summed E-state index contributed by atoms with van der Waals surface area (Å²) in [7, 11) is 0. The van der Waals surface area contributed by atoms with Crippen LogP contribution < -0.4 is 0 Å². The molecule has 13 valence electrons. The van der Waals surface area contributed by atoms with E-state index in [0.29, 0.717) is 0 Å². The van der Waals surface area contributed by atoms with Gasteiger partial charge in [-0.15, -0.1) is 0 Å². The van der Waals surface area contributed by atoms with Crippen molar-refractivity contribution in [1.82, 2.24) is 0 Å². The normalized spacial score (nSPS) is 0. The summed E-state index contributed by atoms with van der Waals surface area (Å²) in [4.78, 5) is 0. The van der Waals surface area contributed by atoms with E-state index >= 15 is 0 Å². The van der Waals surface area contributed by atoms with Crippen molar-refractivity contribution in [3.8, 4) is 0 Å². The van der Waals surface area contributed by atoms with Crippen LogP contribution in [0.4, 0.5) is 0 Å². The summed E-state index contributed by atoms with van der Waals surface area (Å²) in [6.07, 6.45) is 0. The molecule has 0 aromatic rings. The predicted molar refractivity (Wildman–Crippen MR) is 0 cm³/mol. The van der Waals surface area contributed by atoms with Crippen molar-refractivity contribution < 1.29 is 144 Å². The molecule has 0 atom stereocenters. The Morgan fingerprint density at radius 1 is 1.00 bits per heavy atom. The third kappa shape index (κ3) is 9.91.